The average Bonchev–Trinajstić information content (AvgIpc) is 2.80. The molecule has 0 aliphatic heterocycles. The second kappa shape index (κ2) is 13.1. The van der Waals surface area contributed by atoms with Crippen LogP contribution in [0.25, 0.3) is 0 Å². The van der Waals surface area contributed by atoms with Gasteiger partial charge in [-0.25, -0.2) is 4.79 Å². The lowest BCUT2D eigenvalue weighted by atomic mass is 9.93. The second-order valence-electron chi connectivity index (χ2n) is 10.2. The van der Waals surface area contributed by atoms with Gasteiger partial charge in [0.2, 0.25) is 11.8 Å². The summed E-state index contributed by atoms with van der Waals surface area (Å²) >= 11 is 0. The van der Waals surface area contributed by atoms with Crippen LogP contribution in [0.3, 0.4) is 0 Å². The Kier molecular flexibility index (Phi) is 10.5. The summed E-state index contributed by atoms with van der Waals surface area (Å²) < 4.78 is 5.34. The summed E-state index contributed by atoms with van der Waals surface area (Å²) in [4.78, 5) is 41.5. The van der Waals surface area contributed by atoms with E-state index in [1.165, 1.54) is 0 Å². The fourth-order valence-electron chi connectivity index (χ4n) is 4.06. The van der Waals surface area contributed by atoms with Crippen molar-refractivity contribution < 1.29 is 19.1 Å². The predicted octanol–water partition coefficient (Wildman–Crippen LogP) is 5.20. The van der Waals surface area contributed by atoms with Crippen molar-refractivity contribution in [1.82, 2.24) is 15.5 Å². The number of alkyl carbamates (subject to hydrolysis) is 1. The molecule has 2 aromatic carbocycles. The van der Waals surface area contributed by atoms with Crippen molar-refractivity contribution >= 4 is 17.9 Å². The molecule has 7 nitrogen and oxygen atoms in total. The van der Waals surface area contributed by atoms with E-state index in [-0.39, 0.29) is 11.8 Å². The SMILES string of the molecule is CCCCN(C(=O)C(C)NC(=O)OC(C)(C)C)C(C(=O)NCc1ccccc1)c1c(C)cccc1C. The number of nitrogens with one attached hydrogen (secondary N) is 2. The number of hydrogen-bond acceptors (Lipinski definition) is 4. The van der Waals surface area contributed by atoms with E-state index in [0.29, 0.717) is 13.1 Å². The molecule has 0 saturated heterocycles. The Labute approximate surface area is 215 Å². The molecule has 0 spiro atoms. The lowest BCUT2D eigenvalue weighted by molar-refractivity contribution is -0.142. The van der Waals surface area contributed by atoms with Gasteiger partial charge in [0.05, 0.1) is 0 Å². The molecule has 0 heterocycles. The van der Waals surface area contributed by atoms with Gasteiger partial charge in [0.1, 0.15) is 17.7 Å². The first kappa shape index (κ1) is 28.9. The molecule has 2 N–H and O–H groups in total. The van der Waals surface area contributed by atoms with Crippen LogP contribution in [0.4, 0.5) is 4.79 Å². The molecule has 0 aliphatic rings. The van der Waals surface area contributed by atoms with Crippen LogP contribution in [0.1, 0.15) is 75.8 Å². The van der Waals surface area contributed by atoms with Crippen LogP contribution in [0.15, 0.2) is 48.5 Å². The van der Waals surface area contributed by atoms with Gasteiger partial charge in [-0.2, -0.15) is 0 Å². The Morgan fingerprint density at radius 1 is 0.972 bits per heavy atom. The molecule has 0 fully saturated rings. The van der Waals surface area contributed by atoms with Gasteiger partial charge in [0, 0.05) is 13.1 Å². The Hall–Kier alpha value is -3.35. The van der Waals surface area contributed by atoms with Crippen molar-refractivity contribution in [2.24, 2.45) is 0 Å². The highest BCUT2D eigenvalue weighted by molar-refractivity contribution is 5.92. The van der Waals surface area contributed by atoms with Gasteiger partial charge in [-0.05, 0) is 70.2 Å². The highest BCUT2D eigenvalue weighted by atomic mass is 16.6. The summed E-state index contributed by atoms with van der Waals surface area (Å²) in [6.07, 6.45) is 0.900. The highest BCUT2D eigenvalue weighted by Crippen LogP contribution is 2.29. The van der Waals surface area contributed by atoms with E-state index in [4.69, 9.17) is 4.74 Å². The van der Waals surface area contributed by atoms with Crippen LogP contribution in [-0.2, 0) is 20.9 Å². The van der Waals surface area contributed by atoms with Crippen LogP contribution in [-0.4, -0.2) is 41.0 Å². The molecule has 2 atom stereocenters. The van der Waals surface area contributed by atoms with E-state index < -0.39 is 23.8 Å². The maximum atomic E-state index is 13.7. The van der Waals surface area contributed by atoms with E-state index in [0.717, 1.165) is 35.1 Å². The molecule has 3 amide bonds. The summed E-state index contributed by atoms with van der Waals surface area (Å²) in [5.41, 5.74) is 2.94. The molecular formula is C29H41N3O4. The molecule has 0 radical (unpaired) electrons. The molecular weight excluding hydrogens is 454 g/mol. The van der Waals surface area contributed by atoms with Crippen LogP contribution in [0, 0.1) is 13.8 Å². The molecule has 0 bridgehead atoms. The van der Waals surface area contributed by atoms with Crippen molar-refractivity contribution in [3.05, 3.63) is 70.8 Å². The summed E-state index contributed by atoms with van der Waals surface area (Å²) in [5.74, 6) is -0.595. The highest BCUT2D eigenvalue weighted by Gasteiger charge is 2.35. The third kappa shape index (κ3) is 8.40. The first-order valence-corrected chi connectivity index (χ1v) is 12.6. The van der Waals surface area contributed by atoms with Crippen molar-refractivity contribution in [2.45, 2.75) is 85.5 Å². The zero-order valence-electron chi connectivity index (χ0n) is 22.7. The molecule has 2 rings (SSSR count). The maximum absolute atomic E-state index is 13.7. The lowest BCUT2D eigenvalue weighted by Gasteiger charge is -2.35. The summed E-state index contributed by atoms with van der Waals surface area (Å²) in [7, 11) is 0. The number of aryl methyl sites for hydroxylation is 2. The number of carbonyl (C=O) groups is 3. The topological polar surface area (TPSA) is 87.7 Å². The number of rotatable bonds is 10. The molecule has 196 valence electrons. The number of benzene rings is 2. The monoisotopic (exact) mass is 495 g/mol. The molecule has 2 unspecified atom stereocenters. The quantitative estimate of drug-likeness (QED) is 0.474. The first-order valence-electron chi connectivity index (χ1n) is 12.6. The zero-order valence-corrected chi connectivity index (χ0v) is 22.7. The third-order valence-corrected chi connectivity index (χ3v) is 5.82. The smallest absolute Gasteiger partial charge is 0.408 e. The van der Waals surface area contributed by atoms with Crippen molar-refractivity contribution in [3.8, 4) is 0 Å². The van der Waals surface area contributed by atoms with Gasteiger partial charge in [-0.1, -0.05) is 61.9 Å². The van der Waals surface area contributed by atoms with E-state index in [9.17, 15) is 14.4 Å². The number of ether oxygens (including phenoxy) is 1. The standard InChI is InChI=1S/C29H41N3O4/c1-8-9-18-32(27(34)22(4)31-28(35)36-29(5,6)7)25(24-20(2)14-13-15-21(24)3)26(33)30-19-23-16-11-10-12-17-23/h10-17,22,25H,8-9,18-19H2,1-7H3,(H,30,33)(H,31,35). The van der Waals surface area contributed by atoms with Crippen LogP contribution in [0.5, 0.6) is 0 Å². The van der Waals surface area contributed by atoms with Gasteiger partial charge >= 0.3 is 6.09 Å². The van der Waals surface area contributed by atoms with E-state index in [1.807, 2.05) is 69.3 Å². The normalized spacial score (nSPS) is 12.9. The van der Waals surface area contributed by atoms with Crippen LogP contribution in [0.2, 0.25) is 0 Å². The fourth-order valence-corrected chi connectivity index (χ4v) is 4.06. The maximum Gasteiger partial charge on any atom is 0.408 e. The first-order chi connectivity index (χ1) is 16.9. The van der Waals surface area contributed by atoms with E-state index >= 15 is 0 Å². The number of carbonyl (C=O) groups excluding carboxylic acids is 3. The average molecular weight is 496 g/mol. The van der Waals surface area contributed by atoms with E-state index in [2.05, 4.69) is 10.6 Å². The predicted molar refractivity (Wildman–Crippen MR) is 142 cm³/mol. The van der Waals surface area contributed by atoms with Crippen molar-refractivity contribution in [1.29, 1.82) is 0 Å². The number of hydrogen-bond donors (Lipinski definition) is 2. The number of amides is 3. The molecule has 0 aromatic heterocycles. The lowest BCUT2D eigenvalue weighted by Crippen LogP contribution is -2.52. The van der Waals surface area contributed by atoms with Crippen LogP contribution < -0.4 is 10.6 Å². The summed E-state index contributed by atoms with van der Waals surface area (Å²) in [5, 5.41) is 5.67. The minimum absolute atomic E-state index is 0.259. The molecule has 2 aromatic rings. The molecule has 0 aliphatic carbocycles. The van der Waals surface area contributed by atoms with Gasteiger partial charge in [0.25, 0.3) is 0 Å². The fraction of sp³-hybridized carbons (Fsp3) is 0.483. The van der Waals surface area contributed by atoms with Gasteiger partial charge in [-0.3, -0.25) is 9.59 Å². The van der Waals surface area contributed by atoms with Crippen molar-refractivity contribution in [3.63, 3.8) is 0 Å². The number of unbranched alkanes of at least 4 members (excludes halogenated alkanes) is 1. The largest absolute Gasteiger partial charge is 0.444 e. The van der Waals surface area contributed by atoms with Crippen LogP contribution >= 0.6 is 0 Å². The summed E-state index contributed by atoms with van der Waals surface area (Å²) in [6, 6.07) is 13.8. The Balaban J connectivity index is 2.41. The molecule has 36 heavy (non-hydrogen) atoms. The van der Waals surface area contributed by atoms with E-state index in [1.54, 1.807) is 32.6 Å². The Bertz CT molecular complexity index is 1010. The minimum atomic E-state index is -0.870. The number of nitrogens with zero attached hydrogens (tertiary/aromatic N) is 1. The Morgan fingerprint density at radius 2 is 1.58 bits per heavy atom. The third-order valence-electron chi connectivity index (χ3n) is 5.82. The molecule has 7 heteroatoms. The van der Waals surface area contributed by atoms with Gasteiger partial charge < -0.3 is 20.3 Å². The second-order valence-corrected chi connectivity index (χ2v) is 10.2. The zero-order chi connectivity index (χ0) is 26.9. The minimum Gasteiger partial charge on any atom is -0.444 e. The van der Waals surface area contributed by atoms with Gasteiger partial charge in [0.15, 0.2) is 0 Å². The Morgan fingerprint density at radius 3 is 2.14 bits per heavy atom. The summed E-state index contributed by atoms with van der Waals surface area (Å²) in [6.45, 7) is 13.6. The van der Waals surface area contributed by atoms with Gasteiger partial charge in [-0.15, -0.1) is 0 Å². The molecule has 0 saturated carbocycles. The van der Waals surface area contributed by atoms with Crippen molar-refractivity contribution in [2.75, 3.05) is 6.54 Å².